The standard InChI is InChI=1S/C26H27ClF3N3O4S/c1-25(13-4-14-38-3)16-32(31-22(25)17-5-9-19(27)10-6-17)15-21(34)33(23(35)24(36)37-2)20-11-7-18(8-12-20)26(28,29)30/h5-12H,4,13-16H2,1-3H3. The summed E-state index contributed by atoms with van der Waals surface area (Å²) in [5.41, 5.74) is 0.0129. The van der Waals surface area contributed by atoms with E-state index in [2.05, 4.69) is 9.84 Å². The first-order valence-corrected chi connectivity index (χ1v) is 13.4. The summed E-state index contributed by atoms with van der Waals surface area (Å²) in [5, 5.41) is 6.76. The Morgan fingerprint density at radius 1 is 1.13 bits per heavy atom. The van der Waals surface area contributed by atoms with Crippen LogP contribution in [0.4, 0.5) is 18.9 Å². The minimum Gasteiger partial charge on any atom is -0.462 e. The molecule has 0 aromatic heterocycles. The Hall–Kier alpha value is -3.05. The van der Waals surface area contributed by atoms with E-state index in [0.29, 0.717) is 16.5 Å². The van der Waals surface area contributed by atoms with Crippen molar-refractivity contribution in [2.45, 2.75) is 25.9 Å². The molecule has 0 radical (unpaired) electrons. The highest BCUT2D eigenvalue weighted by Crippen LogP contribution is 2.36. The highest BCUT2D eigenvalue weighted by molar-refractivity contribution is 7.98. The van der Waals surface area contributed by atoms with Crippen LogP contribution < -0.4 is 4.90 Å². The van der Waals surface area contributed by atoms with Crippen molar-refractivity contribution < 1.29 is 32.3 Å². The smallest absolute Gasteiger partial charge is 0.416 e. The number of carbonyl (C=O) groups is 3. The average molecular weight is 570 g/mol. The number of imide groups is 1. The van der Waals surface area contributed by atoms with Gasteiger partial charge in [-0.05, 0) is 66.8 Å². The zero-order valence-electron chi connectivity index (χ0n) is 21.0. The van der Waals surface area contributed by atoms with Gasteiger partial charge in [0.25, 0.3) is 5.91 Å². The van der Waals surface area contributed by atoms with Crippen LogP contribution >= 0.6 is 23.4 Å². The van der Waals surface area contributed by atoms with Crippen molar-refractivity contribution in [2.24, 2.45) is 10.5 Å². The third kappa shape index (κ3) is 6.87. The number of carbonyl (C=O) groups excluding carboxylic acids is 3. The molecule has 204 valence electrons. The number of halogens is 4. The highest BCUT2D eigenvalue weighted by Gasteiger charge is 2.41. The van der Waals surface area contributed by atoms with Gasteiger partial charge in [0, 0.05) is 17.0 Å². The fraction of sp³-hybridized carbons (Fsp3) is 0.385. The summed E-state index contributed by atoms with van der Waals surface area (Å²) >= 11 is 7.77. The van der Waals surface area contributed by atoms with Crippen molar-refractivity contribution in [3.63, 3.8) is 0 Å². The molecule has 1 atom stereocenters. The molecule has 0 N–H and O–H groups in total. The first-order valence-electron chi connectivity index (χ1n) is 11.6. The van der Waals surface area contributed by atoms with Crippen LogP contribution in [0.15, 0.2) is 53.6 Å². The lowest BCUT2D eigenvalue weighted by molar-refractivity contribution is -0.152. The summed E-state index contributed by atoms with van der Waals surface area (Å²) in [6.45, 7) is 2.01. The first kappa shape index (κ1) is 29.5. The molecule has 0 spiro atoms. The molecular weight excluding hydrogens is 543 g/mol. The number of benzene rings is 2. The van der Waals surface area contributed by atoms with E-state index in [9.17, 15) is 27.6 Å². The minimum atomic E-state index is -4.61. The van der Waals surface area contributed by atoms with E-state index in [1.807, 2.05) is 25.3 Å². The molecule has 2 aromatic carbocycles. The van der Waals surface area contributed by atoms with Gasteiger partial charge >= 0.3 is 18.1 Å². The van der Waals surface area contributed by atoms with E-state index in [4.69, 9.17) is 11.6 Å². The fourth-order valence-corrected chi connectivity index (χ4v) is 4.82. The van der Waals surface area contributed by atoms with E-state index in [-0.39, 0.29) is 12.2 Å². The summed E-state index contributed by atoms with van der Waals surface area (Å²) in [5.74, 6) is -2.54. The van der Waals surface area contributed by atoms with Gasteiger partial charge in [0.15, 0.2) is 0 Å². The summed E-state index contributed by atoms with van der Waals surface area (Å²) in [6.07, 6.45) is -0.901. The maximum atomic E-state index is 13.3. The van der Waals surface area contributed by atoms with Crippen LogP contribution in [0.25, 0.3) is 0 Å². The number of methoxy groups -OCH3 is 1. The van der Waals surface area contributed by atoms with Crippen molar-refractivity contribution >= 4 is 52.5 Å². The summed E-state index contributed by atoms with van der Waals surface area (Å²) in [4.78, 5) is 38.6. The number of ether oxygens (including phenoxy) is 1. The molecule has 1 unspecified atom stereocenters. The second-order valence-electron chi connectivity index (χ2n) is 9.01. The lowest BCUT2D eigenvalue weighted by atomic mass is 9.78. The maximum Gasteiger partial charge on any atom is 0.416 e. The molecule has 0 bridgehead atoms. The molecule has 38 heavy (non-hydrogen) atoms. The number of amides is 2. The zero-order valence-corrected chi connectivity index (χ0v) is 22.6. The number of alkyl halides is 3. The summed E-state index contributed by atoms with van der Waals surface area (Å²) in [7, 11) is 0.971. The molecule has 0 saturated heterocycles. The monoisotopic (exact) mass is 569 g/mol. The zero-order chi connectivity index (χ0) is 28.1. The van der Waals surface area contributed by atoms with Crippen molar-refractivity contribution in [1.29, 1.82) is 0 Å². The van der Waals surface area contributed by atoms with Crippen LogP contribution in [0.2, 0.25) is 5.02 Å². The van der Waals surface area contributed by atoms with E-state index >= 15 is 0 Å². The summed E-state index contributed by atoms with van der Waals surface area (Å²) < 4.78 is 43.5. The second kappa shape index (κ2) is 12.2. The van der Waals surface area contributed by atoms with Crippen molar-refractivity contribution in [3.8, 4) is 0 Å². The quantitative estimate of drug-likeness (QED) is 0.245. The molecule has 0 aliphatic carbocycles. The van der Waals surface area contributed by atoms with E-state index < -0.39 is 34.9 Å². The molecule has 2 aromatic rings. The number of nitrogens with zero attached hydrogens (tertiary/aromatic N) is 3. The number of hydrogen-bond acceptors (Lipinski definition) is 7. The molecule has 12 heteroatoms. The van der Waals surface area contributed by atoms with E-state index in [1.165, 1.54) is 5.01 Å². The maximum absolute atomic E-state index is 13.3. The summed E-state index contributed by atoms with van der Waals surface area (Å²) in [6, 6.07) is 10.6. The van der Waals surface area contributed by atoms with Crippen molar-refractivity contribution in [2.75, 3.05) is 37.1 Å². The Morgan fingerprint density at radius 2 is 1.76 bits per heavy atom. The molecule has 1 heterocycles. The number of hydrogen-bond donors (Lipinski definition) is 0. The topological polar surface area (TPSA) is 79.3 Å². The Bertz CT molecular complexity index is 1210. The fourth-order valence-electron chi connectivity index (χ4n) is 4.26. The number of hydrazone groups is 1. The van der Waals surface area contributed by atoms with Crippen molar-refractivity contribution in [3.05, 3.63) is 64.7 Å². The predicted octanol–water partition coefficient (Wildman–Crippen LogP) is 5.26. The van der Waals surface area contributed by atoms with Gasteiger partial charge in [0.2, 0.25) is 0 Å². The third-order valence-electron chi connectivity index (χ3n) is 6.12. The van der Waals surface area contributed by atoms with Gasteiger partial charge in [-0.3, -0.25) is 14.6 Å². The normalized spacial score (nSPS) is 17.2. The van der Waals surface area contributed by atoms with Crippen LogP contribution in [-0.2, 0) is 25.3 Å². The predicted molar refractivity (Wildman–Crippen MR) is 141 cm³/mol. The Labute approximate surface area is 227 Å². The largest absolute Gasteiger partial charge is 0.462 e. The highest BCUT2D eigenvalue weighted by atomic mass is 35.5. The van der Waals surface area contributed by atoms with Crippen LogP contribution in [-0.4, -0.2) is 60.7 Å². The Kier molecular flexibility index (Phi) is 9.48. The lowest BCUT2D eigenvalue weighted by Crippen LogP contribution is -2.46. The van der Waals surface area contributed by atoms with Crippen LogP contribution in [0.1, 0.15) is 30.9 Å². The van der Waals surface area contributed by atoms with Gasteiger partial charge in [0.1, 0.15) is 6.54 Å². The van der Waals surface area contributed by atoms with Gasteiger partial charge in [0.05, 0.1) is 24.1 Å². The molecule has 0 fully saturated rings. The first-order chi connectivity index (χ1) is 17.9. The van der Waals surface area contributed by atoms with Gasteiger partial charge in [-0.2, -0.15) is 30.0 Å². The molecule has 7 nitrogen and oxygen atoms in total. The number of anilines is 1. The van der Waals surface area contributed by atoms with Crippen LogP contribution in [0.3, 0.4) is 0 Å². The third-order valence-corrected chi connectivity index (χ3v) is 7.07. The molecular formula is C26H27ClF3N3O4S. The molecule has 2 amide bonds. The van der Waals surface area contributed by atoms with Gasteiger partial charge < -0.3 is 4.74 Å². The number of esters is 1. The minimum absolute atomic E-state index is 0.192. The Balaban J connectivity index is 1.91. The molecule has 0 saturated carbocycles. The van der Waals surface area contributed by atoms with Crippen LogP contribution in [0, 0.1) is 5.41 Å². The van der Waals surface area contributed by atoms with Gasteiger partial charge in [-0.15, -0.1) is 0 Å². The van der Waals surface area contributed by atoms with E-state index in [1.54, 1.807) is 23.9 Å². The number of thioether (sulfide) groups is 1. The SMILES string of the molecule is COC(=O)C(=O)N(C(=O)CN1CC(C)(CCCSC)C(c2ccc(Cl)cc2)=N1)c1ccc(C(F)(F)F)cc1. The molecule has 1 aliphatic rings. The number of rotatable bonds is 8. The van der Waals surface area contributed by atoms with Gasteiger partial charge in [-0.1, -0.05) is 30.7 Å². The van der Waals surface area contributed by atoms with Crippen molar-refractivity contribution in [1.82, 2.24) is 5.01 Å². The lowest BCUT2D eigenvalue weighted by Gasteiger charge is -2.27. The molecule has 3 rings (SSSR count). The van der Waals surface area contributed by atoms with Crippen LogP contribution in [0.5, 0.6) is 0 Å². The van der Waals surface area contributed by atoms with Gasteiger partial charge in [-0.25, -0.2) is 9.69 Å². The Morgan fingerprint density at radius 3 is 2.32 bits per heavy atom. The van der Waals surface area contributed by atoms with E-state index in [0.717, 1.165) is 61.2 Å². The molecule has 1 aliphatic heterocycles. The average Bonchev–Trinajstić information content (AvgIpc) is 3.19. The second-order valence-corrected chi connectivity index (χ2v) is 10.4.